The third-order valence-corrected chi connectivity index (χ3v) is 5.57. The molecule has 4 aromatic rings. The van der Waals surface area contributed by atoms with Crippen molar-refractivity contribution in [1.82, 2.24) is 10.1 Å². The fourth-order valence-corrected chi connectivity index (χ4v) is 3.89. The maximum atomic E-state index is 12.9. The molecule has 7 nitrogen and oxygen atoms in total. The van der Waals surface area contributed by atoms with E-state index in [0.717, 1.165) is 17.2 Å². The summed E-state index contributed by atoms with van der Waals surface area (Å²) >= 11 is 1.44. The van der Waals surface area contributed by atoms with Crippen molar-refractivity contribution >= 4 is 23.4 Å². The SMILES string of the molecule is CCOc1ccc(Oc2ccc(NC(=O)c3cccnc3SCc3cc(C)on3)cc2)cc1. The van der Waals surface area contributed by atoms with Gasteiger partial charge < -0.3 is 19.3 Å². The standard InChI is InChI=1S/C25H23N3O4S/c1-3-30-20-10-12-22(13-11-20)31-21-8-6-18(7-9-21)27-24(29)23-5-4-14-26-25(23)33-16-19-15-17(2)32-28-19/h4-15H,3,16H2,1-2H3,(H,27,29). The van der Waals surface area contributed by atoms with Crippen LogP contribution in [0.4, 0.5) is 5.69 Å². The molecule has 33 heavy (non-hydrogen) atoms. The van der Waals surface area contributed by atoms with Crippen LogP contribution in [0.5, 0.6) is 17.2 Å². The maximum absolute atomic E-state index is 12.9. The van der Waals surface area contributed by atoms with Gasteiger partial charge >= 0.3 is 0 Å². The molecule has 8 heteroatoms. The first kappa shape index (κ1) is 22.4. The molecular formula is C25H23N3O4S. The molecule has 0 aliphatic rings. The lowest BCUT2D eigenvalue weighted by Crippen LogP contribution is -2.13. The molecule has 0 spiro atoms. The van der Waals surface area contributed by atoms with E-state index >= 15 is 0 Å². The summed E-state index contributed by atoms with van der Waals surface area (Å²) in [7, 11) is 0. The van der Waals surface area contributed by atoms with E-state index < -0.39 is 0 Å². The maximum Gasteiger partial charge on any atom is 0.258 e. The van der Waals surface area contributed by atoms with Crippen LogP contribution in [0.3, 0.4) is 0 Å². The molecule has 0 saturated heterocycles. The number of aromatic nitrogens is 2. The first-order chi connectivity index (χ1) is 16.1. The minimum atomic E-state index is -0.234. The van der Waals surface area contributed by atoms with Gasteiger partial charge in [0, 0.05) is 23.7 Å². The molecule has 2 heterocycles. The fourth-order valence-electron chi connectivity index (χ4n) is 3.02. The van der Waals surface area contributed by atoms with Crippen LogP contribution in [0.1, 0.15) is 28.7 Å². The van der Waals surface area contributed by atoms with Crippen LogP contribution in [0.15, 0.2) is 82.5 Å². The summed E-state index contributed by atoms with van der Waals surface area (Å²) in [4.78, 5) is 17.2. The van der Waals surface area contributed by atoms with Crippen molar-refractivity contribution in [2.75, 3.05) is 11.9 Å². The number of nitrogens with zero attached hydrogens (tertiary/aromatic N) is 2. The summed E-state index contributed by atoms with van der Waals surface area (Å²) < 4.78 is 16.4. The summed E-state index contributed by atoms with van der Waals surface area (Å²) in [6.07, 6.45) is 1.67. The number of carbonyl (C=O) groups is 1. The Kier molecular flexibility index (Phi) is 7.26. The van der Waals surface area contributed by atoms with Crippen molar-refractivity contribution < 1.29 is 18.8 Å². The van der Waals surface area contributed by atoms with E-state index in [9.17, 15) is 4.79 Å². The number of pyridine rings is 1. The van der Waals surface area contributed by atoms with Crippen LogP contribution in [0, 0.1) is 6.92 Å². The average molecular weight is 462 g/mol. The van der Waals surface area contributed by atoms with Crippen LogP contribution in [0.2, 0.25) is 0 Å². The highest BCUT2D eigenvalue weighted by Gasteiger charge is 2.14. The summed E-state index contributed by atoms with van der Waals surface area (Å²) in [6, 6.07) is 20.0. The van der Waals surface area contributed by atoms with Crippen molar-refractivity contribution in [3.05, 3.63) is 89.9 Å². The highest BCUT2D eigenvalue weighted by Crippen LogP contribution is 2.27. The molecule has 0 unspecified atom stereocenters. The van der Waals surface area contributed by atoms with Gasteiger partial charge in [0.25, 0.3) is 5.91 Å². The first-order valence-electron chi connectivity index (χ1n) is 10.4. The van der Waals surface area contributed by atoms with Gasteiger partial charge in [0.2, 0.25) is 0 Å². The number of amides is 1. The molecule has 1 N–H and O–H groups in total. The molecule has 2 aromatic heterocycles. The molecule has 168 valence electrons. The lowest BCUT2D eigenvalue weighted by molar-refractivity contribution is 0.102. The van der Waals surface area contributed by atoms with Crippen LogP contribution in [0.25, 0.3) is 0 Å². The summed E-state index contributed by atoms with van der Waals surface area (Å²) in [5, 5.41) is 7.53. The van der Waals surface area contributed by atoms with Crippen LogP contribution < -0.4 is 14.8 Å². The Balaban J connectivity index is 1.37. The van der Waals surface area contributed by atoms with Crippen molar-refractivity contribution in [2.24, 2.45) is 0 Å². The Morgan fingerprint density at radius 2 is 1.73 bits per heavy atom. The van der Waals surface area contributed by atoms with Crippen LogP contribution in [-0.4, -0.2) is 22.7 Å². The molecule has 0 bridgehead atoms. The van der Waals surface area contributed by atoms with Gasteiger partial charge in [0.1, 0.15) is 28.0 Å². The second kappa shape index (κ2) is 10.7. The number of rotatable bonds is 9. The van der Waals surface area contributed by atoms with E-state index in [2.05, 4.69) is 15.5 Å². The molecule has 0 radical (unpaired) electrons. The van der Waals surface area contributed by atoms with Crippen molar-refractivity contribution in [2.45, 2.75) is 24.6 Å². The third-order valence-electron chi connectivity index (χ3n) is 4.53. The number of anilines is 1. The molecule has 0 atom stereocenters. The van der Waals surface area contributed by atoms with Crippen molar-refractivity contribution in [1.29, 1.82) is 0 Å². The Hall–Kier alpha value is -3.78. The van der Waals surface area contributed by atoms with E-state index in [4.69, 9.17) is 14.0 Å². The quantitative estimate of drug-likeness (QED) is 0.301. The fraction of sp³-hybridized carbons (Fsp3) is 0.160. The van der Waals surface area contributed by atoms with Crippen LogP contribution >= 0.6 is 11.8 Å². The Morgan fingerprint density at radius 1 is 1.03 bits per heavy atom. The predicted octanol–water partition coefficient (Wildman–Crippen LogP) is 6.11. The summed E-state index contributed by atoms with van der Waals surface area (Å²) in [5.41, 5.74) is 1.96. The van der Waals surface area contributed by atoms with Gasteiger partial charge in [-0.25, -0.2) is 4.98 Å². The van der Waals surface area contributed by atoms with E-state index in [1.807, 2.05) is 44.2 Å². The van der Waals surface area contributed by atoms with Crippen LogP contribution in [-0.2, 0) is 5.75 Å². The largest absolute Gasteiger partial charge is 0.494 e. The van der Waals surface area contributed by atoms with Gasteiger partial charge in [-0.3, -0.25) is 4.79 Å². The number of benzene rings is 2. The number of nitrogens with one attached hydrogen (secondary N) is 1. The number of thioether (sulfide) groups is 1. The van der Waals surface area contributed by atoms with Gasteiger partial charge in [0.15, 0.2) is 0 Å². The molecule has 2 aromatic carbocycles. The minimum absolute atomic E-state index is 0.234. The number of hydrogen-bond donors (Lipinski definition) is 1. The zero-order valence-electron chi connectivity index (χ0n) is 18.3. The van der Waals surface area contributed by atoms with Gasteiger partial charge in [-0.15, -0.1) is 0 Å². The molecule has 0 fully saturated rings. The minimum Gasteiger partial charge on any atom is -0.494 e. The molecular weight excluding hydrogens is 438 g/mol. The molecule has 0 aliphatic heterocycles. The molecule has 0 saturated carbocycles. The van der Waals surface area contributed by atoms with Gasteiger partial charge in [-0.05, 0) is 74.5 Å². The van der Waals surface area contributed by atoms with E-state index in [1.165, 1.54) is 11.8 Å². The number of ether oxygens (including phenoxy) is 2. The van der Waals surface area contributed by atoms with Gasteiger partial charge in [-0.1, -0.05) is 16.9 Å². The Morgan fingerprint density at radius 3 is 2.39 bits per heavy atom. The zero-order chi connectivity index (χ0) is 23.0. The predicted molar refractivity (Wildman–Crippen MR) is 127 cm³/mol. The smallest absolute Gasteiger partial charge is 0.258 e. The number of carbonyl (C=O) groups excluding carboxylic acids is 1. The monoisotopic (exact) mass is 461 g/mol. The highest BCUT2D eigenvalue weighted by molar-refractivity contribution is 7.98. The zero-order valence-corrected chi connectivity index (χ0v) is 19.1. The van der Waals surface area contributed by atoms with E-state index in [1.54, 1.807) is 42.6 Å². The van der Waals surface area contributed by atoms with Crippen molar-refractivity contribution in [3.63, 3.8) is 0 Å². The summed E-state index contributed by atoms with van der Waals surface area (Å²) in [5.74, 6) is 3.24. The Bertz CT molecular complexity index is 1210. The molecule has 4 rings (SSSR count). The summed E-state index contributed by atoms with van der Waals surface area (Å²) in [6.45, 7) is 4.40. The third kappa shape index (κ3) is 6.14. The topological polar surface area (TPSA) is 86.5 Å². The second-order valence-corrected chi connectivity index (χ2v) is 8.02. The lowest BCUT2D eigenvalue weighted by atomic mass is 10.2. The normalized spacial score (nSPS) is 10.6. The Labute approximate surface area is 196 Å². The molecule has 1 amide bonds. The van der Waals surface area contributed by atoms with Gasteiger partial charge in [0.05, 0.1) is 17.9 Å². The average Bonchev–Trinajstić information content (AvgIpc) is 3.25. The lowest BCUT2D eigenvalue weighted by Gasteiger charge is -2.10. The van der Waals surface area contributed by atoms with E-state index in [-0.39, 0.29) is 5.91 Å². The first-order valence-corrected chi connectivity index (χ1v) is 11.4. The van der Waals surface area contributed by atoms with Crippen molar-refractivity contribution in [3.8, 4) is 17.2 Å². The molecule has 0 aliphatic carbocycles. The van der Waals surface area contributed by atoms with Gasteiger partial charge in [-0.2, -0.15) is 0 Å². The van der Waals surface area contributed by atoms with E-state index in [0.29, 0.717) is 40.1 Å². The highest BCUT2D eigenvalue weighted by atomic mass is 32.2. The number of aryl methyl sites for hydroxylation is 1. The number of hydrogen-bond acceptors (Lipinski definition) is 7. The second-order valence-electron chi connectivity index (χ2n) is 7.06.